The zero-order valence-electron chi connectivity index (χ0n) is 13.4. The van der Waals surface area contributed by atoms with Crippen molar-refractivity contribution in [2.75, 3.05) is 23.3 Å². The van der Waals surface area contributed by atoms with E-state index in [-0.39, 0.29) is 11.3 Å². The lowest BCUT2D eigenvalue weighted by molar-refractivity contribution is -0.137. The van der Waals surface area contributed by atoms with Gasteiger partial charge in [-0.3, -0.25) is 9.78 Å². The number of hydrogen-bond acceptors (Lipinski definition) is 3. The van der Waals surface area contributed by atoms with Crippen LogP contribution in [0.3, 0.4) is 0 Å². The number of anilines is 2. The highest BCUT2D eigenvalue weighted by molar-refractivity contribution is 6.04. The molecule has 0 aliphatic heterocycles. The summed E-state index contributed by atoms with van der Waals surface area (Å²) in [5.41, 5.74) is 0.354. The molecule has 0 aliphatic carbocycles. The zero-order chi connectivity index (χ0) is 17.7. The number of nitrogens with zero attached hydrogens (tertiary/aromatic N) is 2. The maximum Gasteiger partial charge on any atom is 0.416 e. The Labute approximate surface area is 138 Å². The molecule has 1 N–H and O–H groups in total. The van der Waals surface area contributed by atoms with Gasteiger partial charge in [0.05, 0.1) is 23.0 Å². The molecule has 1 aromatic heterocycles. The predicted molar refractivity (Wildman–Crippen MR) is 87.2 cm³/mol. The molecule has 0 saturated carbocycles. The normalized spacial score (nSPS) is 11.2. The first-order valence-corrected chi connectivity index (χ1v) is 7.53. The van der Waals surface area contributed by atoms with Crippen LogP contribution in [0.2, 0.25) is 0 Å². The quantitative estimate of drug-likeness (QED) is 0.889. The van der Waals surface area contributed by atoms with E-state index < -0.39 is 17.6 Å². The number of rotatable bonds is 5. The second-order valence-corrected chi connectivity index (χ2v) is 5.14. The highest BCUT2D eigenvalue weighted by atomic mass is 19.4. The van der Waals surface area contributed by atoms with Gasteiger partial charge in [-0.05, 0) is 38.1 Å². The standard InChI is InChI=1S/C17H18F3N3O/c1-3-23(4-2)15-8-12(10-21-11-15)16(24)22-14-7-5-6-13(9-14)17(18,19)20/h5-11H,3-4H2,1-2H3,(H,22,24). The van der Waals surface area contributed by atoms with Crippen molar-refractivity contribution >= 4 is 17.3 Å². The van der Waals surface area contributed by atoms with Crippen LogP contribution in [-0.4, -0.2) is 24.0 Å². The number of nitrogens with one attached hydrogen (secondary N) is 1. The number of carbonyl (C=O) groups is 1. The van der Waals surface area contributed by atoms with Gasteiger partial charge in [0.2, 0.25) is 0 Å². The molecule has 0 fully saturated rings. The smallest absolute Gasteiger partial charge is 0.371 e. The molecule has 0 bridgehead atoms. The predicted octanol–water partition coefficient (Wildman–Crippen LogP) is 4.20. The average molecular weight is 337 g/mol. The van der Waals surface area contributed by atoms with Crippen LogP contribution in [0.15, 0.2) is 42.7 Å². The number of benzene rings is 1. The van der Waals surface area contributed by atoms with E-state index in [1.54, 1.807) is 12.3 Å². The minimum atomic E-state index is -4.45. The summed E-state index contributed by atoms with van der Waals surface area (Å²) < 4.78 is 38.2. The van der Waals surface area contributed by atoms with Gasteiger partial charge in [0.15, 0.2) is 0 Å². The molecule has 1 heterocycles. The maximum absolute atomic E-state index is 12.7. The third-order valence-electron chi connectivity index (χ3n) is 3.56. The van der Waals surface area contributed by atoms with Crippen molar-refractivity contribution in [3.63, 3.8) is 0 Å². The van der Waals surface area contributed by atoms with Crippen molar-refractivity contribution in [1.29, 1.82) is 0 Å². The van der Waals surface area contributed by atoms with E-state index in [9.17, 15) is 18.0 Å². The Morgan fingerprint density at radius 1 is 1.17 bits per heavy atom. The fourth-order valence-electron chi connectivity index (χ4n) is 2.29. The molecule has 1 amide bonds. The molecule has 24 heavy (non-hydrogen) atoms. The van der Waals surface area contributed by atoms with E-state index in [2.05, 4.69) is 10.3 Å². The summed E-state index contributed by atoms with van der Waals surface area (Å²) in [6, 6.07) is 6.19. The SMILES string of the molecule is CCN(CC)c1cncc(C(=O)Nc2cccc(C(F)(F)F)c2)c1. The third-order valence-corrected chi connectivity index (χ3v) is 3.56. The van der Waals surface area contributed by atoms with E-state index >= 15 is 0 Å². The topological polar surface area (TPSA) is 45.2 Å². The Morgan fingerprint density at radius 2 is 1.88 bits per heavy atom. The van der Waals surface area contributed by atoms with Crippen molar-refractivity contribution in [2.45, 2.75) is 20.0 Å². The number of amides is 1. The molecule has 0 aliphatic rings. The van der Waals surface area contributed by atoms with Crippen LogP contribution in [0, 0.1) is 0 Å². The lowest BCUT2D eigenvalue weighted by Crippen LogP contribution is -2.22. The van der Waals surface area contributed by atoms with Crippen LogP contribution in [0.1, 0.15) is 29.8 Å². The van der Waals surface area contributed by atoms with Gasteiger partial charge >= 0.3 is 6.18 Å². The van der Waals surface area contributed by atoms with Crippen LogP contribution in [-0.2, 0) is 6.18 Å². The highest BCUT2D eigenvalue weighted by Gasteiger charge is 2.30. The fourth-order valence-corrected chi connectivity index (χ4v) is 2.29. The molecule has 2 rings (SSSR count). The molecule has 0 saturated heterocycles. The summed E-state index contributed by atoms with van der Waals surface area (Å²) in [5.74, 6) is -0.504. The number of hydrogen-bond donors (Lipinski definition) is 1. The van der Waals surface area contributed by atoms with Crippen molar-refractivity contribution in [1.82, 2.24) is 4.98 Å². The Bertz CT molecular complexity index is 712. The number of aromatic nitrogens is 1. The van der Waals surface area contributed by atoms with E-state index in [0.717, 1.165) is 30.9 Å². The van der Waals surface area contributed by atoms with Gasteiger partial charge in [-0.1, -0.05) is 6.07 Å². The summed E-state index contributed by atoms with van der Waals surface area (Å²) in [7, 11) is 0. The van der Waals surface area contributed by atoms with Gasteiger partial charge < -0.3 is 10.2 Å². The van der Waals surface area contributed by atoms with Crippen LogP contribution >= 0.6 is 0 Å². The molecule has 0 atom stereocenters. The van der Waals surface area contributed by atoms with Crippen LogP contribution < -0.4 is 10.2 Å². The lowest BCUT2D eigenvalue weighted by atomic mass is 10.2. The van der Waals surface area contributed by atoms with E-state index in [1.165, 1.54) is 18.3 Å². The van der Waals surface area contributed by atoms with Gasteiger partial charge in [-0.15, -0.1) is 0 Å². The number of carbonyl (C=O) groups excluding carboxylic acids is 1. The Balaban J connectivity index is 2.20. The third kappa shape index (κ3) is 4.24. The van der Waals surface area contributed by atoms with Gasteiger partial charge in [0.25, 0.3) is 5.91 Å². The van der Waals surface area contributed by atoms with Crippen molar-refractivity contribution < 1.29 is 18.0 Å². The average Bonchev–Trinajstić information content (AvgIpc) is 2.56. The Hall–Kier alpha value is -2.57. The molecule has 0 spiro atoms. The molecular formula is C17H18F3N3O. The number of halogens is 3. The van der Waals surface area contributed by atoms with E-state index in [0.29, 0.717) is 0 Å². The summed E-state index contributed by atoms with van der Waals surface area (Å²) >= 11 is 0. The van der Waals surface area contributed by atoms with Gasteiger partial charge in [0, 0.05) is 25.0 Å². The highest BCUT2D eigenvalue weighted by Crippen LogP contribution is 2.30. The summed E-state index contributed by atoms with van der Waals surface area (Å²) in [6.07, 6.45) is -1.42. The number of pyridine rings is 1. The largest absolute Gasteiger partial charge is 0.416 e. The maximum atomic E-state index is 12.7. The summed E-state index contributed by atoms with van der Waals surface area (Å²) in [5, 5.41) is 2.48. The fraction of sp³-hybridized carbons (Fsp3) is 0.294. The second kappa shape index (κ2) is 7.33. The van der Waals surface area contributed by atoms with Crippen LogP contribution in [0.5, 0.6) is 0 Å². The Kier molecular flexibility index (Phi) is 5.43. The summed E-state index contributed by atoms with van der Waals surface area (Å²) in [6.45, 7) is 5.49. The molecule has 7 heteroatoms. The first kappa shape index (κ1) is 17.8. The zero-order valence-corrected chi connectivity index (χ0v) is 13.4. The molecule has 0 radical (unpaired) electrons. The van der Waals surface area contributed by atoms with Crippen molar-refractivity contribution in [3.05, 3.63) is 53.9 Å². The molecule has 4 nitrogen and oxygen atoms in total. The van der Waals surface area contributed by atoms with Crippen LogP contribution in [0.4, 0.5) is 24.5 Å². The summed E-state index contributed by atoms with van der Waals surface area (Å²) in [4.78, 5) is 18.3. The molecule has 128 valence electrons. The Morgan fingerprint density at radius 3 is 2.50 bits per heavy atom. The lowest BCUT2D eigenvalue weighted by Gasteiger charge is -2.20. The van der Waals surface area contributed by atoms with Gasteiger partial charge in [0.1, 0.15) is 0 Å². The minimum absolute atomic E-state index is 0.0862. The molecule has 1 aromatic carbocycles. The van der Waals surface area contributed by atoms with E-state index in [1.807, 2.05) is 18.7 Å². The van der Waals surface area contributed by atoms with Crippen molar-refractivity contribution in [3.8, 4) is 0 Å². The molecule has 2 aromatic rings. The van der Waals surface area contributed by atoms with Gasteiger partial charge in [-0.25, -0.2) is 0 Å². The minimum Gasteiger partial charge on any atom is -0.371 e. The molecular weight excluding hydrogens is 319 g/mol. The number of alkyl halides is 3. The second-order valence-electron chi connectivity index (χ2n) is 5.14. The van der Waals surface area contributed by atoms with Crippen molar-refractivity contribution in [2.24, 2.45) is 0 Å². The molecule has 0 unspecified atom stereocenters. The van der Waals surface area contributed by atoms with Crippen LogP contribution in [0.25, 0.3) is 0 Å². The first-order chi connectivity index (χ1) is 11.3. The van der Waals surface area contributed by atoms with Gasteiger partial charge in [-0.2, -0.15) is 13.2 Å². The monoisotopic (exact) mass is 337 g/mol. The van der Waals surface area contributed by atoms with E-state index in [4.69, 9.17) is 0 Å². The first-order valence-electron chi connectivity index (χ1n) is 7.53.